The topological polar surface area (TPSA) is 75.5 Å². The van der Waals surface area contributed by atoms with Crippen LogP contribution in [-0.4, -0.2) is 33.2 Å². The second kappa shape index (κ2) is 9.37. The Balaban J connectivity index is 1.70. The number of ether oxygens (including phenoxy) is 1. The number of aromatic nitrogens is 2. The quantitative estimate of drug-likeness (QED) is 0.315. The number of aryl methyl sites for hydroxylation is 1. The Labute approximate surface area is 219 Å². The zero-order chi connectivity index (χ0) is 25.6. The van der Waals surface area contributed by atoms with Crippen molar-refractivity contribution >= 4 is 44.3 Å². The Morgan fingerprint density at radius 3 is 2.78 bits per heavy atom. The minimum absolute atomic E-state index is 0.0913. The van der Waals surface area contributed by atoms with Crippen LogP contribution in [-0.2, 0) is 24.2 Å². The highest BCUT2D eigenvalue weighted by Crippen LogP contribution is 2.45. The summed E-state index contributed by atoms with van der Waals surface area (Å²) in [7, 11) is 0. The summed E-state index contributed by atoms with van der Waals surface area (Å²) in [6.07, 6.45) is 4.60. The number of benzene rings is 2. The molecule has 3 heterocycles. The van der Waals surface area contributed by atoms with Crippen LogP contribution in [0.2, 0.25) is 5.02 Å². The Morgan fingerprint density at radius 1 is 1.22 bits per heavy atom. The van der Waals surface area contributed by atoms with Gasteiger partial charge in [0.15, 0.2) is 5.13 Å². The van der Waals surface area contributed by atoms with E-state index >= 15 is 0 Å². The van der Waals surface area contributed by atoms with E-state index in [-0.39, 0.29) is 6.42 Å². The minimum atomic E-state index is -0.878. The number of aliphatic carboxylic acids is 1. The van der Waals surface area contributed by atoms with E-state index in [2.05, 4.69) is 16.0 Å². The van der Waals surface area contributed by atoms with E-state index in [4.69, 9.17) is 21.3 Å². The molecule has 0 saturated carbocycles. The normalized spacial score (nSPS) is 13.6. The lowest BCUT2D eigenvalue weighted by Crippen LogP contribution is -2.30. The van der Waals surface area contributed by atoms with Crippen molar-refractivity contribution in [3.8, 4) is 16.9 Å². The van der Waals surface area contributed by atoms with E-state index in [1.165, 1.54) is 11.1 Å². The number of carboxylic acid groups (broad SMARTS) is 1. The van der Waals surface area contributed by atoms with Gasteiger partial charge in [0.05, 0.1) is 16.6 Å². The summed E-state index contributed by atoms with van der Waals surface area (Å²) in [6.45, 7) is 9.52. The van der Waals surface area contributed by atoms with Crippen LogP contribution in [0.3, 0.4) is 0 Å². The molecule has 0 amide bonds. The standard InChI is InChI=1S/C28H28ClN3O3S/c1-16-11-22-26(36-27(31-22)32-10-8-17-14-30-9-7-18(17)15-32)25(21(16)13-24(33)34)20-6-5-19(29)12-23(20)35-28(2,3)4/h5-7,9,11-12,14H,8,10,13,15H2,1-4H3,(H,33,34). The monoisotopic (exact) mass is 521 g/mol. The van der Waals surface area contributed by atoms with E-state index in [9.17, 15) is 9.90 Å². The van der Waals surface area contributed by atoms with Gasteiger partial charge in [0.25, 0.3) is 0 Å². The van der Waals surface area contributed by atoms with Crippen molar-refractivity contribution in [3.05, 3.63) is 70.0 Å². The molecule has 5 rings (SSSR count). The number of hydrogen-bond acceptors (Lipinski definition) is 6. The first-order valence-corrected chi connectivity index (χ1v) is 13.1. The lowest BCUT2D eigenvalue weighted by atomic mass is 9.92. The van der Waals surface area contributed by atoms with Crippen LogP contribution < -0.4 is 9.64 Å². The first kappa shape index (κ1) is 24.5. The van der Waals surface area contributed by atoms with Crippen LogP contribution in [0.15, 0.2) is 42.7 Å². The fraction of sp³-hybridized carbons (Fsp3) is 0.321. The van der Waals surface area contributed by atoms with Crippen molar-refractivity contribution in [2.75, 3.05) is 11.4 Å². The number of pyridine rings is 1. The average molecular weight is 522 g/mol. The van der Waals surface area contributed by atoms with Gasteiger partial charge < -0.3 is 14.7 Å². The van der Waals surface area contributed by atoms with Gasteiger partial charge in [0, 0.05) is 41.6 Å². The van der Waals surface area contributed by atoms with E-state index < -0.39 is 11.6 Å². The molecule has 0 spiro atoms. The van der Waals surface area contributed by atoms with Gasteiger partial charge >= 0.3 is 5.97 Å². The maximum Gasteiger partial charge on any atom is 0.307 e. The summed E-state index contributed by atoms with van der Waals surface area (Å²) >= 11 is 7.96. The fourth-order valence-corrected chi connectivity index (χ4v) is 6.00. The molecule has 2 aromatic heterocycles. The molecule has 4 aromatic rings. The molecular weight excluding hydrogens is 494 g/mol. The SMILES string of the molecule is Cc1cc2nc(N3CCc4cnccc4C3)sc2c(-c2ccc(Cl)cc2OC(C)(C)C)c1CC(=O)O. The lowest BCUT2D eigenvalue weighted by Gasteiger charge is -2.28. The molecular formula is C28H28ClN3O3S. The van der Waals surface area contributed by atoms with Gasteiger partial charge in [-0.1, -0.05) is 22.9 Å². The largest absolute Gasteiger partial charge is 0.487 e. The predicted octanol–water partition coefficient (Wildman–Crippen LogP) is 6.69. The first-order chi connectivity index (χ1) is 17.1. The molecule has 36 heavy (non-hydrogen) atoms. The molecule has 0 saturated heterocycles. The highest BCUT2D eigenvalue weighted by Gasteiger charge is 2.25. The number of halogens is 1. The van der Waals surface area contributed by atoms with Crippen molar-refractivity contribution in [3.63, 3.8) is 0 Å². The van der Waals surface area contributed by atoms with Crippen LogP contribution >= 0.6 is 22.9 Å². The minimum Gasteiger partial charge on any atom is -0.487 e. The third kappa shape index (κ3) is 4.90. The van der Waals surface area contributed by atoms with E-state index in [1.807, 2.05) is 58.3 Å². The number of carboxylic acids is 1. The highest BCUT2D eigenvalue weighted by molar-refractivity contribution is 7.22. The maximum atomic E-state index is 11.9. The van der Waals surface area contributed by atoms with Gasteiger partial charge in [0.1, 0.15) is 11.4 Å². The molecule has 0 aliphatic carbocycles. The number of rotatable bonds is 5. The van der Waals surface area contributed by atoms with Gasteiger partial charge in [-0.2, -0.15) is 0 Å². The third-order valence-corrected chi connectivity index (χ3v) is 7.63. The molecule has 1 N–H and O–H groups in total. The maximum absolute atomic E-state index is 11.9. The molecule has 8 heteroatoms. The van der Waals surface area contributed by atoms with Crippen LogP contribution in [0.1, 0.15) is 43.0 Å². The molecule has 2 aromatic carbocycles. The Hall–Kier alpha value is -3.16. The molecule has 0 fully saturated rings. The zero-order valence-corrected chi connectivity index (χ0v) is 22.3. The molecule has 0 atom stereocenters. The first-order valence-electron chi connectivity index (χ1n) is 11.9. The van der Waals surface area contributed by atoms with Crippen molar-refractivity contribution in [2.24, 2.45) is 0 Å². The van der Waals surface area contributed by atoms with Crippen molar-refractivity contribution < 1.29 is 14.6 Å². The molecule has 6 nitrogen and oxygen atoms in total. The average Bonchev–Trinajstić information content (AvgIpc) is 3.22. The second-order valence-corrected chi connectivity index (χ2v) is 11.5. The van der Waals surface area contributed by atoms with Crippen LogP contribution in [0.5, 0.6) is 5.75 Å². The molecule has 0 radical (unpaired) electrons. The van der Waals surface area contributed by atoms with E-state index in [0.29, 0.717) is 10.8 Å². The summed E-state index contributed by atoms with van der Waals surface area (Å²) in [5, 5.41) is 11.2. The second-order valence-electron chi connectivity index (χ2n) is 10.1. The number of fused-ring (bicyclic) bond motifs is 2. The lowest BCUT2D eigenvalue weighted by molar-refractivity contribution is -0.136. The van der Waals surface area contributed by atoms with Gasteiger partial charge in [-0.15, -0.1) is 0 Å². The Kier molecular flexibility index (Phi) is 6.39. The summed E-state index contributed by atoms with van der Waals surface area (Å²) in [6, 6.07) is 9.62. The predicted molar refractivity (Wildman–Crippen MR) is 146 cm³/mol. The summed E-state index contributed by atoms with van der Waals surface area (Å²) in [5.74, 6) is -0.250. The third-order valence-electron chi connectivity index (χ3n) is 6.24. The van der Waals surface area contributed by atoms with Crippen molar-refractivity contribution in [1.82, 2.24) is 9.97 Å². The van der Waals surface area contributed by atoms with E-state index in [0.717, 1.165) is 57.1 Å². The fourth-order valence-electron chi connectivity index (χ4n) is 4.68. The van der Waals surface area contributed by atoms with Crippen LogP contribution in [0.4, 0.5) is 5.13 Å². The highest BCUT2D eigenvalue weighted by atomic mass is 35.5. The Morgan fingerprint density at radius 2 is 2.03 bits per heavy atom. The molecule has 0 unspecified atom stereocenters. The van der Waals surface area contributed by atoms with Crippen LogP contribution in [0, 0.1) is 6.92 Å². The summed E-state index contributed by atoms with van der Waals surface area (Å²) in [4.78, 5) is 23.5. The smallest absolute Gasteiger partial charge is 0.307 e. The zero-order valence-electron chi connectivity index (χ0n) is 20.8. The number of hydrogen-bond donors (Lipinski definition) is 1. The summed E-state index contributed by atoms with van der Waals surface area (Å²) < 4.78 is 7.27. The van der Waals surface area contributed by atoms with Crippen molar-refractivity contribution in [1.29, 1.82) is 0 Å². The number of thiazole rings is 1. The Bertz CT molecular complexity index is 1480. The number of carbonyl (C=O) groups is 1. The van der Waals surface area contributed by atoms with Gasteiger partial charge in [-0.05, 0) is 86.7 Å². The number of anilines is 1. The molecule has 0 bridgehead atoms. The molecule has 186 valence electrons. The van der Waals surface area contributed by atoms with Crippen LogP contribution in [0.25, 0.3) is 21.3 Å². The van der Waals surface area contributed by atoms with Gasteiger partial charge in [-0.25, -0.2) is 4.98 Å². The van der Waals surface area contributed by atoms with E-state index in [1.54, 1.807) is 17.4 Å². The number of nitrogens with zero attached hydrogens (tertiary/aromatic N) is 3. The summed E-state index contributed by atoms with van der Waals surface area (Å²) in [5.41, 5.74) is 6.28. The van der Waals surface area contributed by atoms with Gasteiger partial charge in [0.2, 0.25) is 0 Å². The molecule has 1 aliphatic heterocycles. The molecule has 1 aliphatic rings. The van der Waals surface area contributed by atoms with Gasteiger partial charge in [-0.3, -0.25) is 9.78 Å². The van der Waals surface area contributed by atoms with Crippen molar-refractivity contribution in [2.45, 2.75) is 52.7 Å².